The quantitative estimate of drug-likeness (QED) is 0.667. The van der Waals surface area contributed by atoms with Crippen LogP contribution in [-0.2, 0) is 9.22 Å². The highest BCUT2D eigenvalue weighted by molar-refractivity contribution is 6.48. The van der Waals surface area contributed by atoms with E-state index in [1.54, 1.807) is 0 Å². The first-order valence-corrected chi connectivity index (χ1v) is 8.17. The minimum atomic E-state index is -1.29. The Kier molecular flexibility index (Phi) is 6.03. The van der Waals surface area contributed by atoms with Crippen molar-refractivity contribution in [2.24, 2.45) is 0 Å². The number of hydrogen-bond acceptors (Lipinski definition) is 2. The Morgan fingerprint density at radius 1 is 1.43 bits per heavy atom. The highest BCUT2D eigenvalue weighted by Crippen LogP contribution is 2.24. The van der Waals surface area contributed by atoms with Crippen LogP contribution in [-0.4, -0.2) is 25.7 Å². The molecule has 0 aliphatic carbocycles. The molecule has 0 aromatic heterocycles. The molecule has 84 valence electrons. The molecule has 3 nitrogen and oxygen atoms in total. The van der Waals surface area contributed by atoms with E-state index >= 15 is 0 Å². The minimum absolute atomic E-state index is 0.563. The Balaban J connectivity index is 4.51. The van der Waals surface area contributed by atoms with Gasteiger partial charge in [-0.15, -0.1) is 0 Å². The van der Waals surface area contributed by atoms with Crippen molar-refractivity contribution in [1.29, 1.82) is 0 Å². The van der Waals surface area contributed by atoms with Crippen LogP contribution >= 0.6 is 0 Å². The first kappa shape index (κ1) is 13.6. The number of hydrogen-bond donors (Lipinski definition) is 1. The number of carbonyl (C=O) groups is 1. The van der Waals surface area contributed by atoms with Crippen LogP contribution in [0.4, 0.5) is 0 Å². The van der Waals surface area contributed by atoms with Crippen LogP contribution in [0.2, 0.25) is 13.1 Å². The summed E-state index contributed by atoms with van der Waals surface area (Å²) in [4.78, 5) is 11.2. The van der Waals surface area contributed by atoms with E-state index in [2.05, 4.69) is 6.92 Å². The summed E-state index contributed by atoms with van der Waals surface area (Å²) in [7, 11) is -1.29. The van der Waals surface area contributed by atoms with Gasteiger partial charge in [0, 0.05) is 0 Å². The van der Waals surface area contributed by atoms with Gasteiger partial charge in [-0.05, 0) is 25.9 Å². The summed E-state index contributed by atoms with van der Waals surface area (Å²) in [6.45, 7) is 7.98. The third kappa shape index (κ3) is 3.80. The lowest BCUT2D eigenvalue weighted by molar-refractivity contribution is -0.157. The van der Waals surface area contributed by atoms with Crippen molar-refractivity contribution in [1.82, 2.24) is 0 Å². The van der Waals surface area contributed by atoms with Gasteiger partial charge in [-0.2, -0.15) is 0 Å². The molecule has 0 radical (unpaired) electrons. The summed E-state index contributed by atoms with van der Waals surface area (Å²) in [6, 6.07) is 0. The van der Waals surface area contributed by atoms with E-state index in [1.807, 2.05) is 20.0 Å². The van der Waals surface area contributed by atoms with Gasteiger partial charge in [0.1, 0.15) is 0 Å². The van der Waals surface area contributed by atoms with Crippen molar-refractivity contribution in [2.75, 3.05) is 0 Å². The zero-order valence-corrected chi connectivity index (χ0v) is 10.8. The van der Waals surface area contributed by atoms with Gasteiger partial charge in [0.05, 0.1) is 0 Å². The van der Waals surface area contributed by atoms with E-state index in [1.165, 1.54) is 0 Å². The van der Waals surface area contributed by atoms with Gasteiger partial charge in [0.25, 0.3) is 0 Å². The molecule has 0 saturated carbocycles. The second kappa shape index (κ2) is 6.19. The first-order valence-electron chi connectivity index (χ1n) is 5.39. The lowest BCUT2D eigenvalue weighted by Crippen LogP contribution is -2.44. The lowest BCUT2D eigenvalue weighted by Gasteiger charge is -2.30. The largest absolute Gasteiger partial charge is 0.479 e. The van der Waals surface area contributed by atoms with Crippen LogP contribution in [0.3, 0.4) is 0 Å². The maximum atomic E-state index is 11.2. The molecular weight excluding hydrogens is 196 g/mol. The van der Waals surface area contributed by atoms with Gasteiger partial charge in [-0.25, -0.2) is 4.79 Å². The Morgan fingerprint density at radius 3 is 2.29 bits per heavy atom. The van der Waals surface area contributed by atoms with Crippen LogP contribution in [0.15, 0.2) is 0 Å². The van der Waals surface area contributed by atoms with Crippen LogP contribution in [0.1, 0.15) is 39.5 Å². The summed E-state index contributed by atoms with van der Waals surface area (Å²) < 4.78 is 5.69. The molecule has 1 atom stereocenters. The zero-order chi connectivity index (χ0) is 11.2. The molecule has 1 N–H and O–H groups in total. The molecule has 1 unspecified atom stereocenters. The zero-order valence-electron chi connectivity index (χ0n) is 9.67. The minimum Gasteiger partial charge on any atom is -0.479 e. The molecule has 4 heteroatoms. The Morgan fingerprint density at radius 2 is 2.00 bits per heavy atom. The molecule has 0 rings (SSSR count). The molecular formula is C10H22O3Si. The second-order valence-corrected chi connectivity index (χ2v) is 6.26. The normalized spacial score (nSPS) is 15.5. The molecule has 0 aliphatic rings. The average molecular weight is 218 g/mol. The number of carboxylic acids is 1. The number of aliphatic carboxylic acids is 1. The second-order valence-electron chi connectivity index (χ2n) is 3.92. The fraction of sp³-hybridized carbons (Fsp3) is 0.900. The molecule has 14 heavy (non-hydrogen) atoms. The van der Waals surface area contributed by atoms with E-state index in [-0.39, 0.29) is 0 Å². The van der Waals surface area contributed by atoms with Crippen LogP contribution in [0.25, 0.3) is 0 Å². The predicted molar refractivity (Wildman–Crippen MR) is 60.1 cm³/mol. The van der Waals surface area contributed by atoms with Crippen molar-refractivity contribution in [3.05, 3.63) is 0 Å². The van der Waals surface area contributed by atoms with E-state index in [4.69, 9.17) is 4.43 Å². The van der Waals surface area contributed by atoms with E-state index in [0.29, 0.717) is 12.8 Å². The maximum Gasteiger partial charge on any atom is 0.334 e. The smallest absolute Gasteiger partial charge is 0.334 e. The summed E-state index contributed by atoms with van der Waals surface area (Å²) in [5.74, 6) is -0.797. The van der Waals surface area contributed by atoms with Crippen molar-refractivity contribution in [2.45, 2.75) is 58.2 Å². The standard InChI is InChI=1S/C10H22O3Si/c1-5-7-8-10(6-2,9(11)12)13-14(3)4/h14H,5-8H2,1-4H3,(H,11,12). The Bertz CT molecular complexity index is 182. The highest BCUT2D eigenvalue weighted by atomic mass is 28.3. The summed E-state index contributed by atoms with van der Waals surface area (Å²) in [6.07, 6.45) is 3.13. The lowest BCUT2D eigenvalue weighted by atomic mass is 9.94. The topological polar surface area (TPSA) is 46.5 Å². The average Bonchev–Trinajstić information content (AvgIpc) is 2.11. The van der Waals surface area contributed by atoms with Crippen molar-refractivity contribution in [3.63, 3.8) is 0 Å². The van der Waals surface area contributed by atoms with Crippen LogP contribution in [0, 0.1) is 0 Å². The fourth-order valence-electron chi connectivity index (χ4n) is 1.54. The predicted octanol–water partition coefficient (Wildman–Crippen LogP) is 2.41. The van der Waals surface area contributed by atoms with Crippen LogP contribution < -0.4 is 0 Å². The van der Waals surface area contributed by atoms with Gasteiger partial charge >= 0.3 is 5.97 Å². The highest BCUT2D eigenvalue weighted by Gasteiger charge is 2.37. The van der Waals surface area contributed by atoms with Gasteiger partial charge < -0.3 is 9.53 Å². The van der Waals surface area contributed by atoms with Gasteiger partial charge in [-0.1, -0.05) is 26.7 Å². The maximum absolute atomic E-state index is 11.2. The van der Waals surface area contributed by atoms with E-state index in [0.717, 1.165) is 12.8 Å². The fourth-order valence-corrected chi connectivity index (χ4v) is 2.83. The first-order chi connectivity index (χ1) is 6.48. The third-order valence-corrected chi connectivity index (χ3v) is 3.28. The molecule has 0 heterocycles. The molecule has 0 aromatic rings. The summed E-state index contributed by atoms with van der Waals surface area (Å²) in [5.41, 5.74) is -0.906. The van der Waals surface area contributed by atoms with Gasteiger partial charge in [-0.3, -0.25) is 0 Å². The van der Waals surface area contributed by atoms with Gasteiger partial charge in [0.2, 0.25) is 0 Å². The van der Waals surface area contributed by atoms with E-state index in [9.17, 15) is 9.90 Å². The third-order valence-electron chi connectivity index (χ3n) is 2.36. The van der Waals surface area contributed by atoms with Crippen LogP contribution in [0.5, 0.6) is 0 Å². The monoisotopic (exact) mass is 218 g/mol. The molecule has 0 aromatic carbocycles. The Labute approximate surface area is 88.2 Å². The Hall–Kier alpha value is -0.353. The number of carboxylic acid groups (broad SMARTS) is 1. The molecule has 0 bridgehead atoms. The van der Waals surface area contributed by atoms with Gasteiger partial charge in [0.15, 0.2) is 14.6 Å². The SMILES string of the molecule is CCCCC(CC)(O[SiH](C)C)C(=O)O. The molecule has 0 saturated heterocycles. The van der Waals surface area contributed by atoms with E-state index < -0.39 is 20.6 Å². The summed E-state index contributed by atoms with van der Waals surface area (Å²) in [5, 5.41) is 9.20. The molecule has 0 spiro atoms. The number of rotatable bonds is 7. The van der Waals surface area contributed by atoms with Crippen molar-refractivity contribution < 1.29 is 14.3 Å². The molecule has 0 aliphatic heterocycles. The summed E-state index contributed by atoms with van der Waals surface area (Å²) >= 11 is 0. The molecule has 0 fully saturated rings. The molecule has 0 amide bonds. The van der Waals surface area contributed by atoms with Crippen molar-refractivity contribution in [3.8, 4) is 0 Å². The van der Waals surface area contributed by atoms with Crippen molar-refractivity contribution >= 4 is 15.0 Å². The number of unbranched alkanes of at least 4 members (excludes halogenated alkanes) is 1.